The summed E-state index contributed by atoms with van der Waals surface area (Å²) in [6.07, 6.45) is 1.98. The fourth-order valence-electron chi connectivity index (χ4n) is 0.743. The van der Waals surface area contributed by atoms with Gasteiger partial charge in [-0.2, -0.15) is 0 Å². The van der Waals surface area contributed by atoms with Crippen molar-refractivity contribution in [3.63, 3.8) is 0 Å². The van der Waals surface area contributed by atoms with Crippen LogP contribution in [-0.2, 0) is 4.74 Å². The number of aliphatic imine (C=N–C) groups is 2. The van der Waals surface area contributed by atoms with Gasteiger partial charge < -0.3 is 4.74 Å². The van der Waals surface area contributed by atoms with Crippen LogP contribution in [-0.4, -0.2) is 32.3 Å². The van der Waals surface area contributed by atoms with Gasteiger partial charge in [-0.3, -0.25) is 0 Å². The molecule has 0 N–H and O–H groups in total. The Balaban J connectivity index is 2.27. The quantitative estimate of drug-likeness (QED) is 0.493. The lowest BCUT2D eigenvalue weighted by Gasteiger charge is -2.00. The molecule has 3 heteroatoms. The highest BCUT2D eigenvalue weighted by molar-refractivity contribution is 5.40. The fraction of sp³-hybridized carbons (Fsp3) is 0.857. The number of hydrogen-bond donors (Lipinski definition) is 0. The fourth-order valence-corrected chi connectivity index (χ4v) is 0.743. The van der Waals surface area contributed by atoms with E-state index in [1.807, 2.05) is 0 Å². The number of rotatable bonds is 0. The highest BCUT2D eigenvalue weighted by Gasteiger charge is 1.89. The predicted molar refractivity (Wildman–Crippen MR) is 39.7 cm³/mol. The van der Waals surface area contributed by atoms with Crippen LogP contribution in [0.5, 0.6) is 0 Å². The average molecular weight is 140 g/mol. The highest BCUT2D eigenvalue weighted by atomic mass is 16.5. The summed E-state index contributed by atoms with van der Waals surface area (Å²) in [5, 5.41) is 0. The van der Waals surface area contributed by atoms with Crippen molar-refractivity contribution in [1.29, 1.82) is 0 Å². The van der Waals surface area contributed by atoms with Crippen LogP contribution in [0.25, 0.3) is 0 Å². The van der Waals surface area contributed by atoms with E-state index >= 15 is 0 Å². The molecule has 0 spiro atoms. The van der Waals surface area contributed by atoms with Gasteiger partial charge in [0.05, 0.1) is 19.1 Å². The normalized spacial score (nSPS) is 20.8. The first-order chi connectivity index (χ1) is 5.00. The van der Waals surface area contributed by atoms with Crippen molar-refractivity contribution in [1.82, 2.24) is 0 Å². The second kappa shape index (κ2) is 5.15. The molecular weight excluding hydrogens is 128 g/mol. The molecule has 56 valence electrons. The molecule has 0 amide bonds. The molecule has 1 aliphatic heterocycles. The summed E-state index contributed by atoms with van der Waals surface area (Å²) in [5.74, 6) is 0. The summed E-state index contributed by atoms with van der Waals surface area (Å²) in [6, 6.07) is 2.65. The third kappa shape index (κ3) is 3.38. The van der Waals surface area contributed by atoms with Crippen LogP contribution in [0.2, 0.25) is 0 Å². The second-order valence-corrected chi connectivity index (χ2v) is 2.18. The molecule has 0 atom stereocenters. The molecule has 0 saturated carbocycles. The van der Waals surface area contributed by atoms with E-state index in [-0.39, 0.29) is 0 Å². The van der Waals surface area contributed by atoms with E-state index in [0.717, 1.165) is 39.1 Å². The van der Waals surface area contributed by atoms with Crippen molar-refractivity contribution in [3.05, 3.63) is 0 Å². The van der Waals surface area contributed by atoms with Gasteiger partial charge in [-0.1, -0.05) is 0 Å². The van der Waals surface area contributed by atoms with E-state index in [9.17, 15) is 0 Å². The molecule has 3 nitrogen and oxygen atoms in total. The first-order valence-electron chi connectivity index (χ1n) is 3.66. The Kier molecular flexibility index (Phi) is 3.84. The van der Waals surface area contributed by atoms with Crippen LogP contribution >= 0.6 is 0 Å². The van der Waals surface area contributed by atoms with Gasteiger partial charge in [0.2, 0.25) is 0 Å². The molecule has 0 radical (unpaired) electrons. The van der Waals surface area contributed by atoms with E-state index < -0.39 is 0 Å². The van der Waals surface area contributed by atoms with Crippen LogP contribution in [0, 0.1) is 0 Å². The Morgan fingerprint density at radius 1 is 1.00 bits per heavy atom. The first-order valence-corrected chi connectivity index (χ1v) is 3.66. The zero-order chi connectivity index (χ0) is 7.07. The van der Waals surface area contributed by atoms with Crippen molar-refractivity contribution in [2.24, 2.45) is 9.98 Å². The summed E-state index contributed by atoms with van der Waals surface area (Å²) < 4.78 is 5.26. The average Bonchev–Trinajstić information content (AvgIpc) is 2.01. The Hall–Kier alpha value is -0.660. The third-order valence-electron chi connectivity index (χ3n) is 1.26. The van der Waals surface area contributed by atoms with Gasteiger partial charge in [0.1, 0.15) is 0 Å². The molecule has 0 aromatic carbocycles. The summed E-state index contributed by atoms with van der Waals surface area (Å²) in [4.78, 5) is 7.87. The predicted octanol–water partition coefficient (Wildman–Crippen LogP) is 0.971. The molecule has 0 unspecified atom stereocenters. The topological polar surface area (TPSA) is 34.0 Å². The third-order valence-corrected chi connectivity index (χ3v) is 1.26. The molecule has 0 aromatic heterocycles. The van der Waals surface area contributed by atoms with Gasteiger partial charge in [-0.25, -0.2) is 9.98 Å². The van der Waals surface area contributed by atoms with E-state index in [4.69, 9.17) is 4.74 Å². The van der Waals surface area contributed by atoms with Gasteiger partial charge in [-0.15, -0.1) is 0 Å². The Morgan fingerprint density at radius 2 is 1.60 bits per heavy atom. The molecule has 1 rings (SSSR count). The Bertz CT molecular complexity index is 127. The van der Waals surface area contributed by atoms with Gasteiger partial charge in [0, 0.05) is 13.2 Å². The van der Waals surface area contributed by atoms with Crippen molar-refractivity contribution in [2.75, 3.05) is 26.3 Å². The molecule has 0 saturated heterocycles. The second-order valence-electron chi connectivity index (χ2n) is 2.18. The molecular formula is C7H12N2O. The Labute approximate surface area is 60.8 Å². The summed E-state index contributed by atoms with van der Waals surface area (Å²) in [7, 11) is 0. The molecule has 0 aliphatic carbocycles. The summed E-state index contributed by atoms with van der Waals surface area (Å²) in [5.41, 5.74) is 0. The standard InChI is InChI=1S/C7H12N2O/c1-3-8-7-9-4-2-6-10-5-1/h1-6H2. The van der Waals surface area contributed by atoms with Crippen LogP contribution in [0.4, 0.5) is 0 Å². The lowest BCUT2D eigenvalue weighted by molar-refractivity contribution is 0.132. The summed E-state index contributed by atoms with van der Waals surface area (Å²) >= 11 is 0. The van der Waals surface area contributed by atoms with Gasteiger partial charge >= 0.3 is 0 Å². The van der Waals surface area contributed by atoms with Crippen LogP contribution < -0.4 is 0 Å². The lowest BCUT2D eigenvalue weighted by Crippen LogP contribution is -2.00. The van der Waals surface area contributed by atoms with Crippen LogP contribution in [0.15, 0.2) is 9.98 Å². The molecule has 1 aliphatic rings. The zero-order valence-corrected chi connectivity index (χ0v) is 6.05. The zero-order valence-electron chi connectivity index (χ0n) is 6.05. The largest absolute Gasteiger partial charge is 0.381 e. The van der Waals surface area contributed by atoms with Gasteiger partial charge in [-0.05, 0) is 12.8 Å². The summed E-state index contributed by atoms with van der Waals surface area (Å²) in [6.45, 7) is 3.24. The SMILES string of the molecule is C1=NCCCOCCCN=1. The minimum Gasteiger partial charge on any atom is -0.381 e. The molecule has 10 heavy (non-hydrogen) atoms. The number of nitrogens with zero attached hydrogens (tertiary/aromatic N) is 2. The molecule has 0 bridgehead atoms. The van der Waals surface area contributed by atoms with E-state index in [1.165, 1.54) is 0 Å². The number of hydrogen-bond acceptors (Lipinski definition) is 3. The molecule has 0 fully saturated rings. The van der Waals surface area contributed by atoms with Crippen LogP contribution in [0.1, 0.15) is 12.8 Å². The first kappa shape index (κ1) is 7.45. The number of ether oxygens (including phenoxy) is 1. The van der Waals surface area contributed by atoms with Gasteiger partial charge in [0.15, 0.2) is 0 Å². The maximum atomic E-state index is 5.26. The van der Waals surface area contributed by atoms with Crippen molar-refractivity contribution in [2.45, 2.75) is 12.8 Å². The molecule has 0 aromatic rings. The van der Waals surface area contributed by atoms with Crippen molar-refractivity contribution in [3.8, 4) is 0 Å². The van der Waals surface area contributed by atoms with Crippen molar-refractivity contribution < 1.29 is 4.74 Å². The monoisotopic (exact) mass is 140 g/mol. The minimum atomic E-state index is 0.795. The lowest BCUT2D eigenvalue weighted by atomic mass is 10.4. The highest BCUT2D eigenvalue weighted by Crippen LogP contribution is 1.89. The van der Waals surface area contributed by atoms with Gasteiger partial charge in [0.25, 0.3) is 0 Å². The van der Waals surface area contributed by atoms with E-state index in [0.29, 0.717) is 0 Å². The van der Waals surface area contributed by atoms with E-state index in [2.05, 4.69) is 16.0 Å². The van der Waals surface area contributed by atoms with Crippen molar-refractivity contribution >= 4 is 6.01 Å². The maximum Gasteiger partial charge on any atom is 0.0892 e. The smallest absolute Gasteiger partial charge is 0.0892 e. The Morgan fingerprint density at radius 3 is 2.20 bits per heavy atom. The molecule has 1 heterocycles. The van der Waals surface area contributed by atoms with E-state index in [1.54, 1.807) is 0 Å². The van der Waals surface area contributed by atoms with Crippen LogP contribution in [0.3, 0.4) is 0 Å². The minimum absolute atomic E-state index is 0.795. The maximum absolute atomic E-state index is 5.26.